The van der Waals surface area contributed by atoms with Gasteiger partial charge in [0.15, 0.2) is 0 Å². The van der Waals surface area contributed by atoms with E-state index in [2.05, 4.69) is 11.9 Å². The molecule has 0 aliphatic rings. The average molecular weight is 255 g/mol. The summed E-state index contributed by atoms with van der Waals surface area (Å²) >= 11 is 0. The molecule has 1 aromatic carbocycles. The van der Waals surface area contributed by atoms with Gasteiger partial charge in [-0.05, 0) is 18.1 Å². The lowest BCUT2D eigenvalue weighted by molar-refractivity contribution is -0.117. The first-order chi connectivity index (χ1) is 7.69. The molecular weight excluding hydrogens is 236 g/mol. The fraction of sp³-hybridized carbons (Fsp3) is 0.308. The molecule has 2 unspecified atom stereocenters. The predicted molar refractivity (Wildman–Crippen MR) is 73.0 cm³/mol. The van der Waals surface area contributed by atoms with Crippen molar-refractivity contribution in [1.29, 1.82) is 0 Å². The van der Waals surface area contributed by atoms with E-state index in [1.165, 1.54) is 6.08 Å². The highest BCUT2D eigenvalue weighted by Crippen LogP contribution is 2.15. The molecule has 1 aromatic rings. The van der Waals surface area contributed by atoms with Crippen LogP contribution >= 0.6 is 12.4 Å². The van der Waals surface area contributed by atoms with Gasteiger partial charge in [-0.1, -0.05) is 43.8 Å². The van der Waals surface area contributed by atoms with Crippen molar-refractivity contribution >= 4 is 18.3 Å². The van der Waals surface area contributed by atoms with Crippen LogP contribution in [-0.4, -0.2) is 11.9 Å². The van der Waals surface area contributed by atoms with Gasteiger partial charge >= 0.3 is 0 Å². The van der Waals surface area contributed by atoms with Gasteiger partial charge in [-0.3, -0.25) is 4.79 Å². The molecule has 0 aliphatic carbocycles. The summed E-state index contributed by atoms with van der Waals surface area (Å²) in [5, 5.41) is 2.83. The van der Waals surface area contributed by atoms with E-state index in [0.29, 0.717) is 0 Å². The third-order valence-corrected chi connectivity index (χ3v) is 2.57. The number of carbonyl (C=O) groups excluding carboxylic acids is 1. The molecule has 4 heteroatoms. The van der Waals surface area contributed by atoms with Crippen molar-refractivity contribution in [3.05, 3.63) is 48.6 Å². The Morgan fingerprint density at radius 3 is 2.53 bits per heavy atom. The zero-order valence-corrected chi connectivity index (χ0v) is 10.7. The number of hydrogen-bond donors (Lipinski definition) is 2. The maximum atomic E-state index is 11.2. The number of halogens is 1. The zero-order chi connectivity index (χ0) is 12.0. The summed E-state index contributed by atoms with van der Waals surface area (Å²) in [5.74, 6) is -0.182. The molecule has 0 heterocycles. The molecule has 1 amide bonds. The number of nitrogens with one attached hydrogen (secondary N) is 1. The van der Waals surface area contributed by atoms with Crippen molar-refractivity contribution in [2.45, 2.75) is 25.4 Å². The van der Waals surface area contributed by atoms with Crippen molar-refractivity contribution in [3.8, 4) is 0 Å². The summed E-state index contributed by atoms with van der Waals surface area (Å²) < 4.78 is 0. The maximum absolute atomic E-state index is 11.2. The summed E-state index contributed by atoms with van der Waals surface area (Å²) in [6, 6.07) is 9.51. The van der Waals surface area contributed by atoms with E-state index in [9.17, 15) is 4.79 Å². The zero-order valence-electron chi connectivity index (χ0n) is 9.93. The SMILES string of the molecule is C=CC(=O)NC(CC)C(N)c1ccccc1.Cl. The molecule has 0 fully saturated rings. The van der Waals surface area contributed by atoms with Crippen LogP contribution in [0, 0.1) is 0 Å². The molecule has 1 rings (SSSR count). The Morgan fingerprint density at radius 2 is 2.06 bits per heavy atom. The Labute approximate surface area is 109 Å². The van der Waals surface area contributed by atoms with Crippen molar-refractivity contribution in [2.75, 3.05) is 0 Å². The molecule has 0 aromatic heterocycles. The molecule has 0 spiro atoms. The molecule has 2 atom stereocenters. The van der Waals surface area contributed by atoms with Gasteiger partial charge in [-0.15, -0.1) is 12.4 Å². The van der Waals surface area contributed by atoms with Crippen molar-refractivity contribution in [1.82, 2.24) is 5.32 Å². The third kappa shape index (κ3) is 4.59. The second-order valence-corrected chi connectivity index (χ2v) is 3.66. The summed E-state index contributed by atoms with van der Waals surface area (Å²) in [6.45, 7) is 5.42. The molecule has 0 aliphatic heterocycles. The normalized spacial score (nSPS) is 13.1. The number of amides is 1. The second kappa shape index (κ2) is 7.87. The van der Waals surface area contributed by atoms with Gasteiger partial charge < -0.3 is 11.1 Å². The van der Waals surface area contributed by atoms with Crippen LogP contribution in [-0.2, 0) is 4.79 Å². The topological polar surface area (TPSA) is 55.1 Å². The van der Waals surface area contributed by atoms with E-state index < -0.39 is 0 Å². The Morgan fingerprint density at radius 1 is 1.47 bits per heavy atom. The number of benzene rings is 1. The van der Waals surface area contributed by atoms with Crippen LogP contribution in [0.3, 0.4) is 0 Å². The average Bonchev–Trinajstić information content (AvgIpc) is 2.35. The van der Waals surface area contributed by atoms with E-state index in [4.69, 9.17) is 5.73 Å². The van der Waals surface area contributed by atoms with E-state index in [1.54, 1.807) is 0 Å². The van der Waals surface area contributed by atoms with Crippen LogP contribution in [0.25, 0.3) is 0 Å². The van der Waals surface area contributed by atoms with Gasteiger partial charge in [0, 0.05) is 6.04 Å². The molecule has 0 bridgehead atoms. The minimum Gasteiger partial charge on any atom is -0.348 e. The quantitative estimate of drug-likeness (QED) is 0.792. The lowest BCUT2D eigenvalue weighted by Crippen LogP contribution is -2.41. The molecule has 0 radical (unpaired) electrons. The number of rotatable bonds is 5. The van der Waals surface area contributed by atoms with Crippen LogP contribution in [0.4, 0.5) is 0 Å². The van der Waals surface area contributed by atoms with Crippen molar-refractivity contribution < 1.29 is 4.79 Å². The molecule has 0 saturated carbocycles. The first-order valence-corrected chi connectivity index (χ1v) is 5.42. The van der Waals surface area contributed by atoms with Crippen LogP contribution in [0.15, 0.2) is 43.0 Å². The molecular formula is C13H19ClN2O. The van der Waals surface area contributed by atoms with Gasteiger partial charge in [-0.2, -0.15) is 0 Å². The standard InChI is InChI=1S/C13H18N2O.ClH/c1-3-11(15-12(16)4-2)13(14)10-8-6-5-7-9-10;/h4-9,11,13H,2-3,14H2,1H3,(H,15,16);1H. The first kappa shape index (κ1) is 15.7. The van der Waals surface area contributed by atoms with Gasteiger partial charge in [0.2, 0.25) is 5.91 Å². The monoisotopic (exact) mass is 254 g/mol. The third-order valence-electron chi connectivity index (χ3n) is 2.57. The lowest BCUT2D eigenvalue weighted by atomic mass is 9.98. The fourth-order valence-corrected chi connectivity index (χ4v) is 1.59. The highest BCUT2D eigenvalue weighted by atomic mass is 35.5. The van der Waals surface area contributed by atoms with Crippen LogP contribution in [0.2, 0.25) is 0 Å². The number of carbonyl (C=O) groups is 1. The number of hydrogen-bond acceptors (Lipinski definition) is 2. The molecule has 0 saturated heterocycles. The maximum Gasteiger partial charge on any atom is 0.243 e. The van der Waals surface area contributed by atoms with Gasteiger partial charge in [0.1, 0.15) is 0 Å². The summed E-state index contributed by atoms with van der Waals surface area (Å²) in [4.78, 5) is 11.2. The van der Waals surface area contributed by atoms with Crippen LogP contribution in [0.5, 0.6) is 0 Å². The van der Waals surface area contributed by atoms with Gasteiger partial charge in [0.25, 0.3) is 0 Å². The van der Waals surface area contributed by atoms with E-state index in [0.717, 1.165) is 12.0 Å². The minimum absolute atomic E-state index is 0. The Kier molecular flexibility index (Phi) is 7.26. The van der Waals surface area contributed by atoms with Gasteiger partial charge in [0.05, 0.1) is 6.04 Å². The minimum atomic E-state index is -0.185. The summed E-state index contributed by atoms with van der Waals surface area (Å²) in [5.41, 5.74) is 7.13. The first-order valence-electron chi connectivity index (χ1n) is 5.42. The lowest BCUT2D eigenvalue weighted by Gasteiger charge is -2.23. The van der Waals surface area contributed by atoms with E-state index in [1.807, 2.05) is 37.3 Å². The predicted octanol–water partition coefficient (Wildman–Crippen LogP) is 2.19. The number of nitrogens with two attached hydrogens (primary N) is 1. The largest absolute Gasteiger partial charge is 0.348 e. The summed E-state index contributed by atoms with van der Waals surface area (Å²) in [6.07, 6.45) is 2.05. The highest BCUT2D eigenvalue weighted by molar-refractivity contribution is 5.87. The van der Waals surface area contributed by atoms with E-state index >= 15 is 0 Å². The fourth-order valence-electron chi connectivity index (χ4n) is 1.59. The van der Waals surface area contributed by atoms with Crippen molar-refractivity contribution in [3.63, 3.8) is 0 Å². The second-order valence-electron chi connectivity index (χ2n) is 3.66. The molecule has 3 nitrogen and oxygen atoms in total. The van der Waals surface area contributed by atoms with Gasteiger partial charge in [-0.25, -0.2) is 0 Å². The van der Waals surface area contributed by atoms with Crippen LogP contribution in [0.1, 0.15) is 24.9 Å². The van der Waals surface area contributed by atoms with Crippen LogP contribution < -0.4 is 11.1 Å². The molecule has 3 N–H and O–H groups in total. The molecule has 94 valence electrons. The smallest absolute Gasteiger partial charge is 0.243 e. The Bertz CT molecular complexity index is 354. The Hall–Kier alpha value is -1.32. The van der Waals surface area contributed by atoms with E-state index in [-0.39, 0.29) is 30.4 Å². The van der Waals surface area contributed by atoms with Crippen molar-refractivity contribution in [2.24, 2.45) is 5.73 Å². The summed E-state index contributed by atoms with van der Waals surface area (Å²) in [7, 11) is 0. The Balaban J connectivity index is 0.00000256. The molecule has 17 heavy (non-hydrogen) atoms. The highest BCUT2D eigenvalue weighted by Gasteiger charge is 2.18.